The highest BCUT2D eigenvalue weighted by Gasteiger charge is 2.46. The van der Waals surface area contributed by atoms with Gasteiger partial charge in [0.15, 0.2) is 0 Å². The van der Waals surface area contributed by atoms with Crippen molar-refractivity contribution in [3.63, 3.8) is 0 Å². The number of carboxylic acid groups (broad SMARTS) is 1. The highest BCUT2D eigenvalue weighted by atomic mass is 32.2. The molecule has 1 aliphatic heterocycles. The van der Waals surface area contributed by atoms with Gasteiger partial charge in [0.05, 0.1) is 11.2 Å². The lowest BCUT2D eigenvalue weighted by Crippen LogP contribution is -2.50. The van der Waals surface area contributed by atoms with Crippen LogP contribution in [0.5, 0.6) is 0 Å². The molecule has 1 aliphatic carbocycles. The highest BCUT2D eigenvalue weighted by Crippen LogP contribution is 2.36. The summed E-state index contributed by atoms with van der Waals surface area (Å²) in [6.07, 6.45) is 3.57. The number of sulfonamides is 1. The molecule has 0 aromatic heterocycles. The van der Waals surface area contributed by atoms with Gasteiger partial charge < -0.3 is 5.11 Å². The highest BCUT2D eigenvalue weighted by molar-refractivity contribution is 7.89. The standard InChI is InChI=1S/C13H23NO4S/c1-9-6-7-10(2)14(8-9)19(17,18)12-5-3-4-11(12)13(15)16/h9-12H,3-8H2,1-2H3,(H,15,16). The molecule has 2 aliphatic rings. The first-order valence-electron chi connectivity index (χ1n) is 7.07. The van der Waals surface area contributed by atoms with Crippen LogP contribution in [0.4, 0.5) is 0 Å². The Labute approximate surface area is 115 Å². The molecule has 0 spiro atoms. The van der Waals surface area contributed by atoms with Crippen LogP contribution in [-0.2, 0) is 14.8 Å². The summed E-state index contributed by atoms with van der Waals surface area (Å²) in [6, 6.07) is -0.00348. The third-order valence-corrected chi connectivity index (χ3v) is 7.03. The third-order valence-electron chi connectivity index (χ3n) is 4.54. The maximum Gasteiger partial charge on any atom is 0.307 e. The van der Waals surface area contributed by atoms with Gasteiger partial charge in [0.2, 0.25) is 10.0 Å². The molecular formula is C13H23NO4S. The lowest BCUT2D eigenvalue weighted by Gasteiger charge is -2.38. The van der Waals surface area contributed by atoms with Crippen molar-refractivity contribution in [2.45, 2.75) is 57.2 Å². The minimum Gasteiger partial charge on any atom is -0.481 e. The number of aliphatic carboxylic acids is 1. The van der Waals surface area contributed by atoms with Gasteiger partial charge in [-0.05, 0) is 38.5 Å². The molecule has 1 saturated carbocycles. The fourth-order valence-corrected chi connectivity index (χ4v) is 5.89. The average molecular weight is 289 g/mol. The Kier molecular flexibility index (Phi) is 4.20. The van der Waals surface area contributed by atoms with Gasteiger partial charge in [-0.2, -0.15) is 4.31 Å². The first-order chi connectivity index (χ1) is 8.84. The maximum absolute atomic E-state index is 12.7. The smallest absolute Gasteiger partial charge is 0.307 e. The van der Waals surface area contributed by atoms with E-state index >= 15 is 0 Å². The van der Waals surface area contributed by atoms with Crippen LogP contribution < -0.4 is 0 Å². The van der Waals surface area contributed by atoms with E-state index in [1.165, 1.54) is 0 Å². The van der Waals surface area contributed by atoms with Crippen LogP contribution in [0.1, 0.15) is 46.0 Å². The summed E-state index contributed by atoms with van der Waals surface area (Å²) >= 11 is 0. The second-order valence-electron chi connectivity index (χ2n) is 6.06. The first-order valence-corrected chi connectivity index (χ1v) is 8.57. The van der Waals surface area contributed by atoms with Crippen molar-refractivity contribution in [3.05, 3.63) is 0 Å². The van der Waals surface area contributed by atoms with Crippen LogP contribution in [0.2, 0.25) is 0 Å². The molecule has 4 unspecified atom stereocenters. The normalized spacial score (nSPS) is 37.4. The third kappa shape index (κ3) is 2.79. The molecule has 2 fully saturated rings. The molecule has 1 heterocycles. The molecule has 0 radical (unpaired) electrons. The van der Waals surface area contributed by atoms with E-state index in [-0.39, 0.29) is 6.04 Å². The zero-order chi connectivity index (χ0) is 14.2. The number of hydrogen-bond acceptors (Lipinski definition) is 3. The van der Waals surface area contributed by atoms with Crippen molar-refractivity contribution >= 4 is 16.0 Å². The largest absolute Gasteiger partial charge is 0.481 e. The fourth-order valence-electron chi connectivity index (χ4n) is 3.34. The van der Waals surface area contributed by atoms with Crippen LogP contribution in [0, 0.1) is 11.8 Å². The van der Waals surface area contributed by atoms with Gasteiger partial charge in [-0.15, -0.1) is 0 Å². The minimum atomic E-state index is -3.49. The van der Waals surface area contributed by atoms with E-state index < -0.39 is 27.2 Å². The summed E-state index contributed by atoms with van der Waals surface area (Å²) in [5.41, 5.74) is 0. The maximum atomic E-state index is 12.7. The lowest BCUT2D eigenvalue weighted by atomic mass is 9.97. The average Bonchev–Trinajstić information content (AvgIpc) is 2.82. The predicted octanol–water partition coefficient (Wildman–Crippen LogP) is 1.69. The Hall–Kier alpha value is -0.620. The van der Waals surface area contributed by atoms with Crippen molar-refractivity contribution in [2.75, 3.05) is 6.54 Å². The number of carboxylic acids is 1. The molecule has 6 heteroatoms. The van der Waals surface area contributed by atoms with Crippen molar-refractivity contribution < 1.29 is 18.3 Å². The van der Waals surface area contributed by atoms with Gasteiger partial charge in [-0.1, -0.05) is 13.3 Å². The van der Waals surface area contributed by atoms with E-state index in [0.29, 0.717) is 31.7 Å². The molecule has 0 aromatic carbocycles. The van der Waals surface area contributed by atoms with Gasteiger partial charge in [-0.3, -0.25) is 4.79 Å². The second kappa shape index (κ2) is 5.40. The van der Waals surface area contributed by atoms with Gasteiger partial charge in [0.25, 0.3) is 0 Å². The topological polar surface area (TPSA) is 74.7 Å². The summed E-state index contributed by atoms with van der Waals surface area (Å²) in [5.74, 6) is -1.34. The van der Waals surface area contributed by atoms with Crippen molar-refractivity contribution in [1.29, 1.82) is 0 Å². The monoisotopic (exact) mass is 289 g/mol. The zero-order valence-corrected chi connectivity index (χ0v) is 12.4. The summed E-state index contributed by atoms with van der Waals surface area (Å²) in [6.45, 7) is 4.51. The van der Waals surface area contributed by atoms with Crippen LogP contribution in [0.25, 0.3) is 0 Å². The molecule has 1 saturated heterocycles. The quantitative estimate of drug-likeness (QED) is 0.858. The molecule has 0 amide bonds. The van der Waals surface area contributed by atoms with Crippen molar-refractivity contribution in [1.82, 2.24) is 4.31 Å². The van der Waals surface area contributed by atoms with Crippen LogP contribution in [0.3, 0.4) is 0 Å². The van der Waals surface area contributed by atoms with E-state index in [1.807, 2.05) is 6.92 Å². The van der Waals surface area contributed by atoms with Crippen molar-refractivity contribution in [3.8, 4) is 0 Å². The molecular weight excluding hydrogens is 266 g/mol. The zero-order valence-electron chi connectivity index (χ0n) is 11.6. The van der Waals surface area contributed by atoms with Gasteiger partial charge in [-0.25, -0.2) is 8.42 Å². The first kappa shape index (κ1) is 14.8. The molecule has 110 valence electrons. The number of nitrogens with zero attached hydrogens (tertiary/aromatic N) is 1. The van der Waals surface area contributed by atoms with Crippen LogP contribution in [0.15, 0.2) is 0 Å². The predicted molar refractivity (Wildman–Crippen MR) is 72.3 cm³/mol. The second-order valence-corrected chi connectivity index (χ2v) is 8.16. The van der Waals surface area contributed by atoms with E-state index in [4.69, 9.17) is 0 Å². The molecule has 19 heavy (non-hydrogen) atoms. The number of rotatable bonds is 3. The van der Waals surface area contributed by atoms with Crippen LogP contribution >= 0.6 is 0 Å². The summed E-state index contributed by atoms with van der Waals surface area (Å²) in [4.78, 5) is 11.2. The number of piperidine rings is 1. The SMILES string of the molecule is CC1CCC(C)N(S(=O)(=O)C2CCCC2C(=O)O)C1. The van der Waals surface area contributed by atoms with E-state index in [2.05, 4.69) is 6.92 Å². The Morgan fingerprint density at radius 3 is 2.47 bits per heavy atom. The van der Waals surface area contributed by atoms with E-state index in [9.17, 15) is 18.3 Å². The molecule has 4 atom stereocenters. The number of hydrogen-bond donors (Lipinski definition) is 1. The minimum absolute atomic E-state index is 0.00348. The molecule has 0 bridgehead atoms. The van der Waals surface area contributed by atoms with Gasteiger partial charge in [0, 0.05) is 12.6 Å². The summed E-state index contributed by atoms with van der Waals surface area (Å²) in [7, 11) is -3.49. The Balaban J connectivity index is 2.23. The van der Waals surface area contributed by atoms with E-state index in [0.717, 1.165) is 12.8 Å². The Bertz CT molecular complexity index is 448. The van der Waals surface area contributed by atoms with E-state index in [1.54, 1.807) is 4.31 Å². The molecule has 1 N–H and O–H groups in total. The van der Waals surface area contributed by atoms with Gasteiger partial charge in [0.1, 0.15) is 0 Å². The molecule has 2 rings (SSSR count). The van der Waals surface area contributed by atoms with Gasteiger partial charge >= 0.3 is 5.97 Å². The molecule has 5 nitrogen and oxygen atoms in total. The van der Waals surface area contributed by atoms with Crippen molar-refractivity contribution in [2.24, 2.45) is 11.8 Å². The Morgan fingerprint density at radius 2 is 1.84 bits per heavy atom. The fraction of sp³-hybridized carbons (Fsp3) is 0.923. The molecule has 0 aromatic rings. The number of carbonyl (C=O) groups is 1. The summed E-state index contributed by atoms with van der Waals surface area (Å²) in [5, 5.41) is 8.46. The Morgan fingerprint density at radius 1 is 1.16 bits per heavy atom. The lowest BCUT2D eigenvalue weighted by molar-refractivity contribution is -0.141. The summed E-state index contributed by atoms with van der Waals surface area (Å²) < 4.78 is 27.0. The van der Waals surface area contributed by atoms with Crippen LogP contribution in [-0.4, -0.2) is 41.6 Å².